The number of carbonyl (C=O) groups is 2. The van der Waals surface area contributed by atoms with E-state index in [2.05, 4.69) is 25.3 Å². The van der Waals surface area contributed by atoms with Crippen molar-refractivity contribution < 1.29 is 22.7 Å². The summed E-state index contributed by atoms with van der Waals surface area (Å²) in [6.45, 7) is 1.33. The molecule has 0 aliphatic heterocycles. The molecule has 3 N–H and O–H groups in total. The van der Waals surface area contributed by atoms with Gasteiger partial charge >= 0.3 is 0 Å². The molecule has 0 spiro atoms. The van der Waals surface area contributed by atoms with Gasteiger partial charge in [-0.25, -0.2) is 23.1 Å². The van der Waals surface area contributed by atoms with Crippen LogP contribution in [0.3, 0.4) is 0 Å². The summed E-state index contributed by atoms with van der Waals surface area (Å²) in [7, 11) is -2.53. The molecule has 12 heteroatoms. The molecule has 32 heavy (non-hydrogen) atoms. The minimum absolute atomic E-state index is 0.0387. The Hall–Kier alpha value is -3.70. The second-order valence-electron chi connectivity index (χ2n) is 6.37. The first-order valence-electron chi connectivity index (χ1n) is 9.06. The van der Waals surface area contributed by atoms with Gasteiger partial charge in [0.25, 0.3) is 15.9 Å². The first-order chi connectivity index (χ1) is 15.2. The molecule has 10 nitrogen and oxygen atoms in total. The molecule has 166 valence electrons. The van der Waals surface area contributed by atoms with Gasteiger partial charge in [0.15, 0.2) is 0 Å². The number of methoxy groups -OCH3 is 1. The molecule has 2 aromatic carbocycles. The van der Waals surface area contributed by atoms with Crippen LogP contribution in [0.2, 0.25) is 5.02 Å². The third kappa shape index (κ3) is 5.50. The third-order valence-electron chi connectivity index (χ3n) is 4.06. The van der Waals surface area contributed by atoms with Crippen LogP contribution >= 0.6 is 11.6 Å². The fourth-order valence-corrected chi connectivity index (χ4v) is 3.80. The molecule has 0 saturated carbocycles. The number of hydrogen-bond donors (Lipinski definition) is 3. The highest BCUT2D eigenvalue weighted by Crippen LogP contribution is 2.31. The monoisotopic (exact) mass is 475 g/mol. The van der Waals surface area contributed by atoms with Crippen LogP contribution < -0.4 is 20.1 Å². The lowest BCUT2D eigenvalue weighted by atomic mass is 10.1. The Labute approximate surface area is 189 Å². The highest BCUT2D eigenvalue weighted by Gasteiger charge is 2.18. The zero-order valence-corrected chi connectivity index (χ0v) is 18.5. The summed E-state index contributed by atoms with van der Waals surface area (Å²) >= 11 is 6.15. The maximum Gasteiger partial charge on any atom is 0.264 e. The Morgan fingerprint density at radius 2 is 1.69 bits per heavy atom. The summed E-state index contributed by atoms with van der Waals surface area (Å²) < 4.78 is 32.4. The van der Waals surface area contributed by atoms with Crippen LogP contribution in [0.15, 0.2) is 59.8 Å². The lowest BCUT2D eigenvalue weighted by Gasteiger charge is -2.13. The average Bonchev–Trinajstić information content (AvgIpc) is 2.75. The number of hydrogen-bond acceptors (Lipinski definition) is 7. The van der Waals surface area contributed by atoms with Crippen LogP contribution in [0.4, 0.5) is 17.3 Å². The summed E-state index contributed by atoms with van der Waals surface area (Å²) in [6.07, 6.45) is 2.82. The van der Waals surface area contributed by atoms with Crippen LogP contribution in [0.5, 0.6) is 5.75 Å². The van der Waals surface area contributed by atoms with Gasteiger partial charge in [0.1, 0.15) is 5.75 Å². The van der Waals surface area contributed by atoms with E-state index in [0.717, 1.165) is 0 Å². The Morgan fingerprint density at radius 3 is 2.28 bits per heavy atom. The number of amides is 2. The number of rotatable bonds is 7. The molecular formula is C20H18ClN5O5S. The predicted molar refractivity (Wildman–Crippen MR) is 120 cm³/mol. The van der Waals surface area contributed by atoms with Gasteiger partial charge in [-0.1, -0.05) is 11.6 Å². The van der Waals surface area contributed by atoms with Crippen molar-refractivity contribution in [3.63, 3.8) is 0 Å². The molecule has 0 saturated heterocycles. The molecule has 0 aliphatic carbocycles. The van der Waals surface area contributed by atoms with Gasteiger partial charge in [0.05, 0.1) is 28.3 Å². The van der Waals surface area contributed by atoms with Gasteiger partial charge in [0.2, 0.25) is 11.9 Å². The van der Waals surface area contributed by atoms with Crippen LogP contribution in [0, 0.1) is 0 Å². The van der Waals surface area contributed by atoms with Gasteiger partial charge in [0, 0.05) is 31.1 Å². The van der Waals surface area contributed by atoms with Crippen molar-refractivity contribution >= 4 is 50.8 Å². The average molecular weight is 476 g/mol. The van der Waals surface area contributed by atoms with E-state index in [4.69, 9.17) is 16.3 Å². The summed E-state index contributed by atoms with van der Waals surface area (Å²) in [5, 5.41) is 5.35. The van der Waals surface area contributed by atoms with E-state index in [0.29, 0.717) is 11.4 Å². The van der Waals surface area contributed by atoms with E-state index in [1.165, 1.54) is 62.8 Å². The fraction of sp³-hybridized carbons (Fsp3) is 0.100. The summed E-state index contributed by atoms with van der Waals surface area (Å²) in [5.41, 5.74) is 0.775. The number of benzene rings is 2. The first kappa shape index (κ1) is 23.0. The topological polar surface area (TPSA) is 139 Å². The van der Waals surface area contributed by atoms with Crippen molar-refractivity contribution in [1.29, 1.82) is 0 Å². The Balaban J connectivity index is 1.77. The minimum Gasteiger partial charge on any atom is -0.496 e. The molecule has 2 amide bonds. The molecule has 1 heterocycles. The highest BCUT2D eigenvalue weighted by molar-refractivity contribution is 7.92. The summed E-state index contributed by atoms with van der Waals surface area (Å²) in [5.74, 6) is -0.725. The van der Waals surface area contributed by atoms with Crippen LogP contribution in [-0.2, 0) is 14.8 Å². The summed E-state index contributed by atoms with van der Waals surface area (Å²) in [6, 6.07) is 9.87. The smallest absolute Gasteiger partial charge is 0.264 e. The lowest BCUT2D eigenvalue weighted by Crippen LogP contribution is -2.16. The summed E-state index contributed by atoms with van der Waals surface area (Å²) in [4.78, 5) is 31.6. The van der Waals surface area contributed by atoms with E-state index >= 15 is 0 Å². The van der Waals surface area contributed by atoms with E-state index < -0.39 is 15.9 Å². The molecular weight excluding hydrogens is 458 g/mol. The second kappa shape index (κ2) is 9.62. The highest BCUT2D eigenvalue weighted by atomic mass is 35.5. The zero-order chi connectivity index (χ0) is 23.3. The van der Waals surface area contributed by atoms with Crippen molar-refractivity contribution in [3.05, 3.63) is 65.4 Å². The van der Waals surface area contributed by atoms with Crippen LogP contribution in [-0.4, -0.2) is 37.3 Å². The molecule has 0 bridgehead atoms. The van der Waals surface area contributed by atoms with Crippen molar-refractivity contribution in [2.75, 3.05) is 22.5 Å². The zero-order valence-electron chi connectivity index (χ0n) is 16.9. The van der Waals surface area contributed by atoms with E-state index in [-0.39, 0.29) is 33.1 Å². The lowest BCUT2D eigenvalue weighted by molar-refractivity contribution is -0.114. The Kier molecular flexibility index (Phi) is 6.91. The number of anilines is 3. The van der Waals surface area contributed by atoms with E-state index in [1.807, 2.05) is 0 Å². The third-order valence-corrected chi connectivity index (χ3v) is 5.72. The molecule has 3 rings (SSSR count). The van der Waals surface area contributed by atoms with Crippen molar-refractivity contribution in [2.45, 2.75) is 11.8 Å². The largest absolute Gasteiger partial charge is 0.496 e. The van der Waals surface area contributed by atoms with Gasteiger partial charge in [-0.3, -0.25) is 9.59 Å². The van der Waals surface area contributed by atoms with E-state index in [9.17, 15) is 18.0 Å². The standard InChI is InChI=1S/C20H18ClN5O5S/c1-12(27)24-17-11-18(31-2)15(10-16(17)21)19(28)25-13-4-6-14(7-5-13)32(29,30)26-20-22-8-3-9-23-20/h3-11H,1-2H3,(H,24,27)(H,25,28)(H,22,23,26). The minimum atomic E-state index is -3.90. The number of nitrogens with zero attached hydrogens (tertiary/aromatic N) is 2. The number of ether oxygens (including phenoxy) is 1. The quantitative estimate of drug-likeness (QED) is 0.476. The first-order valence-corrected chi connectivity index (χ1v) is 10.9. The second-order valence-corrected chi connectivity index (χ2v) is 8.46. The molecule has 0 aliphatic rings. The van der Waals surface area contributed by atoms with Crippen molar-refractivity contribution in [3.8, 4) is 5.75 Å². The van der Waals surface area contributed by atoms with Crippen molar-refractivity contribution in [2.24, 2.45) is 0 Å². The molecule has 1 aromatic heterocycles. The number of aromatic nitrogens is 2. The number of nitrogens with one attached hydrogen (secondary N) is 3. The van der Waals surface area contributed by atoms with Crippen LogP contribution in [0.25, 0.3) is 0 Å². The van der Waals surface area contributed by atoms with Gasteiger partial charge in [-0.2, -0.15) is 0 Å². The van der Waals surface area contributed by atoms with Crippen molar-refractivity contribution in [1.82, 2.24) is 9.97 Å². The molecule has 0 unspecified atom stereocenters. The van der Waals surface area contributed by atoms with Crippen LogP contribution in [0.1, 0.15) is 17.3 Å². The predicted octanol–water partition coefficient (Wildman–Crippen LogP) is 3.15. The van der Waals surface area contributed by atoms with Gasteiger partial charge in [-0.15, -0.1) is 0 Å². The van der Waals surface area contributed by atoms with Gasteiger partial charge in [-0.05, 0) is 36.4 Å². The number of carbonyl (C=O) groups excluding carboxylic acids is 2. The molecule has 0 fully saturated rings. The van der Waals surface area contributed by atoms with E-state index in [1.54, 1.807) is 6.07 Å². The number of sulfonamides is 1. The Bertz CT molecular complexity index is 1250. The number of halogens is 1. The molecule has 0 atom stereocenters. The van der Waals surface area contributed by atoms with Gasteiger partial charge < -0.3 is 15.4 Å². The fourth-order valence-electron chi connectivity index (χ4n) is 2.63. The SMILES string of the molecule is COc1cc(NC(C)=O)c(Cl)cc1C(=O)Nc1ccc(S(=O)(=O)Nc2ncccn2)cc1. The normalized spacial score (nSPS) is 10.8. The molecule has 3 aromatic rings. The Morgan fingerprint density at radius 1 is 1.03 bits per heavy atom. The maximum absolute atomic E-state index is 12.7. The molecule has 0 radical (unpaired) electrons. The maximum atomic E-state index is 12.7.